The first kappa shape index (κ1) is 17.9. The first-order chi connectivity index (χ1) is 11.8. The Kier molecular flexibility index (Phi) is 5.10. The molecule has 1 aromatic rings. The summed E-state index contributed by atoms with van der Waals surface area (Å²) in [6, 6.07) is 7.46. The van der Waals surface area contributed by atoms with E-state index in [1.807, 2.05) is 18.2 Å². The summed E-state index contributed by atoms with van der Waals surface area (Å²) >= 11 is 0. The highest BCUT2D eigenvalue weighted by Gasteiger charge is 2.30. The normalized spacial score (nSPS) is 21.2. The minimum absolute atomic E-state index is 0.0370. The smallest absolute Gasteiger partial charge is 0.254 e. The highest BCUT2D eigenvalue weighted by Crippen LogP contribution is 2.21. The molecule has 2 aliphatic rings. The van der Waals surface area contributed by atoms with Crippen LogP contribution < -0.4 is 5.14 Å². The first-order valence-electron chi connectivity index (χ1n) is 8.49. The van der Waals surface area contributed by atoms with Gasteiger partial charge in [-0.1, -0.05) is 18.2 Å². The summed E-state index contributed by atoms with van der Waals surface area (Å²) in [4.78, 5) is 28.4. The molecular weight excluding hydrogens is 342 g/mol. The second kappa shape index (κ2) is 7.13. The zero-order valence-corrected chi connectivity index (χ0v) is 14.9. The van der Waals surface area contributed by atoms with E-state index in [-0.39, 0.29) is 30.0 Å². The summed E-state index contributed by atoms with van der Waals surface area (Å²) < 4.78 is 22.5. The van der Waals surface area contributed by atoms with Gasteiger partial charge in [0, 0.05) is 25.2 Å². The monoisotopic (exact) mass is 365 g/mol. The molecule has 2 heterocycles. The molecule has 1 fully saturated rings. The number of hydrogen-bond acceptors (Lipinski definition) is 4. The number of benzene rings is 1. The number of carbonyl (C=O) groups excluding carboxylic acids is 2. The van der Waals surface area contributed by atoms with Crippen LogP contribution in [0.2, 0.25) is 0 Å². The Morgan fingerprint density at radius 1 is 1.24 bits per heavy atom. The Morgan fingerprint density at radius 2 is 2.00 bits per heavy atom. The maximum Gasteiger partial charge on any atom is 0.254 e. The van der Waals surface area contributed by atoms with Crippen LogP contribution in [0.4, 0.5) is 0 Å². The van der Waals surface area contributed by atoms with E-state index in [9.17, 15) is 18.0 Å². The molecule has 0 spiro atoms. The lowest BCUT2D eigenvalue weighted by Crippen LogP contribution is -2.49. The summed E-state index contributed by atoms with van der Waals surface area (Å²) in [6.07, 6.45) is 2.24. The van der Waals surface area contributed by atoms with E-state index in [0.717, 1.165) is 24.8 Å². The number of piperidine rings is 1. The quantitative estimate of drug-likeness (QED) is 0.824. The van der Waals surface area contributed by atoms with Crippen LogP contribution in [0.5, 0.6) is 0 Å². The van der Waals surface area contributed by atoms with Gasteiger partial charge in [0.05, 0.1) is 5.75 Å². The van der Waals surface area contributed by atoms with Crippen LogP contribution in [0.1, 0.15) is 28.8 Å². The van der Waals surface area contributed by atoms with Crippen LogP contribution in [-0.2, 0) is 21.2 Å². The zero-order chi connectivity index (χ0) is 18.0. The van der Waals surface area contributed by atoms with Gasteiger partial charge in [0.25, 0.3) is 5.91 Å². The number of sulfonamides is 1. The highest BCUT2D eigenvalue weighted by molar-refractivity contribution is 7.89. The number of amides is 2. The molecule has 1 saturated heterocycles. The van der Waals surface area contributed by atoms with Crippen molar-refractivity contribution in [1.82, 2.24) is 9.80 Å². The van der Waals surface area contributed by atoms with Crippen molar-refractivity contribution in [3.63, 3.8) is 0 Å². The number of primary sulfonamides is 1. The molecule has 2 N–H and O–H groups in total. The van der Waals surface area contributed by atoms with Gasteiger partial charge in [0.2, 0.25) is 15.9 Å². The highest BCUT2D eigenvalue weighted by atomic mass is 32.2. The molecule has 8 heteroatoms. The average Bonchev–Trinajstić information content (AvgIpc) is 2.56. The summed E-state index contributed by atoms with van der Waals surface area (Å²) in [7, 11) is -3.54. The van der Waals surface area contributed by atoms with Crippen LogP contribution in [0.15, 0.2) is 24.3 Å². The fourth-order valence-corrected chi connectivity index (χ4v) is 4.57. The number of nitrogens with two attached hydrogens (primary N) is 1. The molecule has 0 radical (unpaired) electrons. The van der Waals surface area contributed by atoms with Crippen LogP contribution >= 0.6 is 0 Å². The van der Waals surface area contributed by atoms with E-state index in [0.29, 0.717) is 25.2 Å². The number of hydrogen-bond donors (Lipinski definition) is 1. The molecule has 1 unspecified atom stereocenters. The van der Waals surface area contributed by atoms with Gasteiger partial charge < -0.3 is 9.80 Å². The van der Waals surface area contributed by atoms with Gasteiger partial charge in [-0.25, -0.2) is 13.6 Å². The number of fused-ring (bicyclic) bond motifs is 1. The SMILES string of the molecule is NS(=O)(=O)CC1CCCN(C(=O)CN2CCc3ccccc3C2=O)C1. The second-order valence-corrected chi connectivity index (χ2v) is 8.47. The van der Waals surface area contributed by atoms with Crippen LogP contribution in [0.3, 0.4) is 0 Å². The molecule has 0 aromatic heterocycles. The molecule has 0 saturated carbocycles. The molecule has 136 valence electrons. The zero-order valence-electron chi connectivity index (χ0n) is 14.1. The topological polar surface area (TPSA) is 101 Å². The summed E-state index contributed by atoms with van der Waals surface area (Å²) in [5.41, 5.74) is 1.68. The van der Waals surface area contributed by atoms with Gasteiger partial charge in [0.1, 0.15) is 6.54 Å². The van der Waals surface area contributed by atoms with Crippen molar-refractivity contribution < 1.29 is 18.0 Å². The lowest BCUT2D eigenvalue weighted by Gasteiger charge is -2.35. The minimum Gasteiger partial charge on any atom is -0.341 e. The molecule has 25 heavy (non-hydrogen) atoms. The maximum absolute atomic E-state index is 12.6. The summed E-state index contributed by atoms with van der Waals surface area (Å²) in [5.74, 6) is -0.488. The number of nitrogens with zero attached hydrogens (tertiary/aromatic N) is 2. The van der Waals surface area contributed by atoms with Gasteiger partial charge in [0.15, 0.2) is 0 Å². The molecule has 0 aliphatic carbocycles. The van der Waals surface area contributed by atoms with Gasteiger partial charge in [-0.05, 0) is 36.8 Å². The van der Waals surface area contributed by atoms with Crippen LogP contribution in [0, 0.1) is 5.92 Å². The van der Waals surface area contributed by atoms with E-state index in [2.05, 4.69) is 0 Å². The third-order valence-electron chi connectivity index (χ3n) is 4.85. The molecule has 2 amide bonds. The number of rotatable bonds is 4. The van der Waals surface area contributed by atoms with Crippen molar-refractivity contribution in [2.75, 3.05) is 31.9 Å². The molecule has 1 aromatic carbocycles. The van der Waals surface area contributed by atoms with Crippen molar-refractivity contribution in [1.29, 1.82) is 0 Å². The van der Waals surface area contributed by atoms with Crippen molar-refractivity contribution in [3.05, 3.63) is 35.4 Å². The van der Waals surface area contributed by atoms with E-state index >= 15 is 0 Å². The fourth-order valence-electron chi connectivity index (χ4n) is 3.64. The molecule has 0 bridgehead atoms. The van der Waals surface area contributed by atoms with Gasteiger partial charge in [-0.3, -0.25) is 9.59 Å². The molecular formula is C17H23N3O4S. The predicted octanol–water partition coefficient (Wildman–Crippen LogP) is 0.212. The van der Waals surface area contributed by atoms with Crippen LogP contribution in [0.25, 0.3) is 0 Å². The van der Waals surface area contributed by atoms with Gasteiger partial charge >= 0.3 is 0 Å². The van der Waals surface area contributed by atoms with Crippen LogP contribution in [-0.4, -0.2) is 62.0 Å². The predicted molar refractivity (Wildman–Crippen MR) is 93.3 cm³/mol. The third kappa shape index (κ3) is 4.38. The third-order valence-corrected chi connectivity index (χ3v) is 5.79. The van der Waals surface area contributed by atoms with E-state index in [1.165, 1.54) is 0 Å². The summed E-state index contributed by atoms with van der Waals surface area (Å²) in [5, 5.41) is 5.12. The largest absolute Gasteiger partial charge is 0.341 e. The van der Waals surface area contributed by atoms with E-state index < -0.39 is 10.0 Å². The molecule has 7 nitrogen and oxygen atoms in total. The Balaban J connectivity index is 1.62. The molecule has 3 rings (SSSR count). The number of likely N-dealkylation sites (tertiary alicyclic amines) is 1. The van der Waals surface area contributed by atoms with Gasteiger partial charge in [-0.2, -0.15) is 0 Å². The first-order valence-corrected chi connectivity index (χ1v) is 10.2. The fraction of sp³-hybridized carbons (Fsp3) is 0.529. The van der Waals surface area contributed by atoms with E-state index in [1.54, 1.807) is 15.9 Å². The molecule has 2 aliphatic heterocycles. The van der Waals surface area contributed by atoms with Gasteiger partial charge in [-0.15, -0.1) is 0 Å². The average molecular weight is 365 g/mol. The Labute approximate surface area is 147 Å². The second-order valence-electron chi connectivity index (χ2n) is 6.81. The maximum atomic E-state index is 12.6. The minimum atomic E-state index is -3.54. The lowest BCUT2D eigenvalue weighted by atomic mass is 9.98. The standard InChI is InChI=1S/C17H23N3O4S/c18-25(23,24)12-13-4-3-8-19(10-13)16(21)11-20-9-7-14-5-1-2-6-15(14)17(20)22/h1-2,5-6,13H,3-4,7-12H2,(H2,18,23,24). The van der Waals surface area contributed by atoms with Crippen molar-refractivity contribution >= 4 is 21.8 Å². The van der Waals surface area contributed by atoms with Crippen molar-refractivity contribution in [2.24, 2.45) is 11.1 Å². The van der Waals surface area contributed by atoms with E-state index in [4.69, 9.17) is 5.14 Å². The number of carbonyl (C=O) groups is 2. The lowest BCUT2D eigenvalue weighted by molar-refractivity contribution is -0.133. The van der Waals surface area contributed by atoms with Crippen molar-refractivity contribution in [2.45, 2.75) is 19.3 Å². The van der Waals surface area contributed by atoms with Crippen molar-refractivity contribution in [3.8, 4) is 0 Å². The summed E-state index contributed by atoms with van der Waals surface area (Å²) in [6.45, 7) is 1.54. The Morgan fingerprint density at radius 3 is 2.76 bits per heavy atom. The molecule has 1 atom stereocenters. The Hall–Kier alpha value is -1.93. The Bertz CT molecular complexity index is 778.